The van der Waals surface area contributed by atoms with Crippen molar-refractivity contribution in [2.75, 3.05) is 26.7 Å². The maximum absolute atomic E-state index is 12.6. The molecular formula is C19H27N5O2. The van der Waals surface area contributed by atoms with Crippen LogP contribution in [0.25, 0.3) is 11.0 Å². The monoisotopic (exact) mass is 357 g/mol. The minimum atomic E-state index is -0.168. The molecule has 0 unspecified atom stereocenters. The van der Waals surface area contributed by atoms with Crippen molar-refractivity contribution in [2.45, 2.75) is 32.4 Å². The average molecular weight is 357 g/mol. The molecule has 140 valence electrons. The third-order valence-corrected chi connectivity index (χ3v) is 5.23. The van der Waals surface area contributed by atoms with Gasteiger partial charge < -0.3 is 14.8 Å². The Labute approximate surface area is 154 Å². The van der Waals surface area contributed by atoms with E-state index in [1.807, 2.05) is 60.5 Å². The molecule has 1 aromatic carbocycles. The maximum atomic E-state index is 12.6. The number of hydrogen-bond acceptors (Lipinski definition) is 4. The first kappa shape index (κ1) is 18.4. The molecule has 2 heterocycles. The number of nitrogens with zero attached hydrogens (tertiary/aromatic N) is 4. The summed E-state index contributed by atoms with van der Waals surface area (Å²) in [7, 11) is 3.87. The number of fused-ring (bicyclic) bond motifs is 1. The number of aryl methyl sites for hydroxylation is 1. The first-order valence-electron chi connectivity index (χ1n) is 9.15. The van der Waals surface area contributed by atoms with Gasteiger partial charge in [0.25, 0.3) is 5.91 Å². The molecule has 7 heteroatoms. The summed E-state index contributed by atoms with van der Waals surface area (Å²) in [5.41, 5.74) is 2.39. The van der Waals surface area contributed by atoms with Crippen LogP contribution in [0.4, 0.5) is 0 Å². The minimum absolute atomic E-state index is 0.0311. The molecule has 0 bridgehead atoms. The quantitative estimate of drug-likeness (QED) is 0.874. The molecule has 26 heavy (non-hydrogen) atoms. The second-order valence-electron chi connectivity index (χ2n) is 6.93. The molecule has 0 spiro atoms. The van der Waals surface area contributed by atoms with E-state index in [1.54, 1.807) is 6.33 Å². The summed E-state index contributed by atoms with van der Waals surface area (Å²) in [5.74, 6) is 0.0241. The molecule has 1 saturated heterocycles. The number of rotatable bonds is 5. The summed E-state index contributed by atoms with van der Waals surface area (Å²) in [6, 6.07) is 5.33. The lowest BCUT2D eigenvalue weighted by Gasteiger charge is -2.26. The van der Waals surface area contributed by atoms with E-state index in [0.29, 0.717) is 31.6 Å². The van der Waals surface area contributed by atoms with Crippen LogP contribution in [0.3, 0.4) is 0 Å². The standard InChI is InChI=1S/C19H27N5O2/c1-5-24(6-2)19(26)17-10-14(11-22(17)3)21-18(25)13-7-8-16-15(9-13)20-12-23(16)4/h7-9,12,14,17H,5-6,10-11H2,1-4H3,(H,21,25)/t14-,17-/m0/s1. The summed E-state index contributed by atoms with van der Waals surface area (Å²) >= 11 is 0. The van der Waals surface area contributed by atoms with E-state index in [4.69, 9.17) is 0 Å². The molecule has 1 aliphatic rings. The van der Waals surface area contributed by atoms with Crippen molar-refractivity contribution < 1.29 is 9.59 Å². The van der Waals surface area contributed by atoms with Crippen LogP contribution in [0.1, 0.15) is 30.6 Å². The third-order valence-electron chi connectivity index (χ3n) is 5.23. The Bertz CT molecular complexity index is 811. The number of benzene rings is 1. The highest BCUT2D eigenvalue weighted by Crippen LogP contribution is 2.19. The van der Waals surface area contributed by atoms with E-state index in [2.05, 4.69) is 10.3 Å². The number of imidazole rings is 1. The van der Waals surface area contributed by atoms with Gasteiger partial charge >= 0.3 is 0 Å². The molecule has 7 nitrogen and oxygen atoms in total. The van der Waals surface area contributed by atoms with Crippen LogP contribution in [-0.2, 0) is 11.8 Å². The average Bonchev–Trinajstić information content (AvgIpc) is 3.18. The molecule has 0 radical (unpaired) electrons. The van der Waals surface area contributed by atoms with Gasteiger partial charge in [0, 0.05) is 38.3 Å². The van der Waals surface area contributed by atoms with Crippen LogP contribution in [0.5, 0.6) is 0 Å². The van der Waals surface area contributed by atoms with Gasteiger partial charge in [-0.05, 0) is 45.5 Å². The van der Waals surface area contributed by atoms with Gasteiger partial charge in [-0.15, -0.1) is 0 Å². The Balaban J connectivity index is 1.66. The lowest BCUT2D eigenvalue weighted by molar-refractivity contribution is -0.135. The van der Waals surface area contributed by atoms with Gasteiger partial charge in [0.15, 0.2) is 0 Å². The minimum Gasteiger partial charge on any atom is -0.348 e. The van der Waals surface area contributed by atoms with Crippen LogP contribution >= 0.6 is 0 Å². The summed E-state index contributed by atoms with van der Waals surface area (Å²) in [6.45, 7) is 6.07. The van der Waals surface area contributed by atoms with E-state index in [9.17, 15) is 9.59 Å². The predicted molar refractivity (Wildman–Crippen MR) is 101 cm³/mol. The Kier molecular flexibility index (Phi) is 5.27. The number of hydrogen-bond donors (Lipinski definition) is 1. The first-order valence-corrected chi connectivity index (χ1v) is 9.15. The van der Waals surface area contributed by atoms with Gasteiger partial charge in [-0.25, -0.2) is 4.98 Å². The van der Waals surface area contributed by atoms with Crippen molar-refractivity contribution in [2.24, 2.45) is 7.05 Å². The van der Waals surface area contributed by atoms with Crippen molar-refractivity contribution in [3.05, 3.63) is 30.1 Å². The molecule has 1 aliphatic heterocycles. The van der Waals surface area contributed by atoms with E-state index in [-0.39, 0.29) is 23.9 Å². The van der Waals surface area contributed by atoms with Crippen molar-refractivity contribution >= 4 is 22.8 Å². The molecule has 2 amide bonds. The second kappa shape index (κ2) is 7.45. The van der Waals surface area contributed by atoms with Gasteiger partial charge in [0.2, 0.25) is 5.91 Å². The van der Waals surface area contributed by atoms with E-state index >= 15 is 0 Å². The number of likely N-dealkylation sites (N-methyl/N-ethyl adjacent to an activating group) is 2. The number of amides is 2. The second-order valence-corrected chi connectivity index (χ2v) is 6.93. The molecule has 2 aromatic rings. The summed E-state index contributed by atoms with van der Waals surface area (Å²) in [5, 5.41) is 3.07. The topological polar surface area (TPSA) is 70.5 Å². The smallest absolute Gasteiger partial charge is 0.251 e. The van der Waals surface area contributed by atoms with Crippen LogP contribution in [0, 0.1) is 0 Å². The molecule has 3 rings (SSSR count). The molecule has 1 aromatic heterocycles. The van der Waals surface area contributed by atoms with Gasteiger partial charge in [0.1, 0.15) is 0 Å². The zero-order chi connectivity index (χ0) is 18.8. The Hall–Kier alpha value is -2.41. The maximum Gasteiger partial charge on any atom is 0.251 e. The van der Waals surface area contributed by atoms with Gasteiger partial charge in [-0.3, -0.25) is 14.5 Å². The zero-order valence-electron chi connectivity index (χ0n) is 15.9. The fraction of sp³-hybridized carbons (Fsp3) is 0.526. The third kappa shape index (κ3) is 3.44. The van der Waals surface area contributed by atoms with Crippen molar-refractivity contribution in [1.82, 2.24) is 24.7 Å². The highest BCUT2D eigenvalue weighted by atomic mass is 16.2. The number of carbonyl (C=O) groups excluding carboxylic acids is 2. The predicted octanol–water partition coefficient (Wildman–Crippen LogP) is 1.24. The van der Waals surface area contributed by atoms with Crippen LogP contribution in [0.2, 0.25) is 0 Å². The summed E-state index contributed by atoms with van der Waals surface area (Å²) < 4.78 is 1.92. The molecule has 2 atom stereocenters. The SMILES string of the molecule is CCN(CC)C(=O)[C@@H]1C[C@H](NC(=O)c2ccc3c(c2)ncn3C)CN1C. The normalized spacial score (nSPS) is 20.5. The Morgan fingerprint density at radius 2 is 2.00 bits per heavy atom. The zero-order valence-corrected chi connectivity index (χ0v) is 15.9. The molecule has 1 N–H and O–H groups in total. The number of likely N-dealkylation sites (tertiary alicyclic amines) is 1. The van der Waals surface area contributed by atoms with Gasteiger partial charge in [-0.1, -0.05) is 0 Å². The number of nitrogens with one attached hydrogen (secondary N) is 1. The van der Waals surface area contributed by atoms with E-state index < -0.39 is 0 Å². The van der Waals surface area contributed by atoms with Crippen molar-refractivity contribution in [3.8, 4) is 0 Å². The van der Waals surface area contributed by atoms with Gasteiger partial charge in [-0.2, -0.15) is 0 Å². The van der Waals surface area contributed by atoms with Crippen LogP contribution in [0.15, 0.2) is 24.5 Å². The number of carbonyl (C=O) groups is 2. The van der Waals surface area contributed by atoms with Crippen molar-refractivity contribution in [1.29, 1.82) is 0 Å². The fourth-order valence-electron chi connectivity index (χ4n) is 3.68. The highest BCUT2D eigenvalue weighted by molar-refractivity contribution is 5.97. The number of aromatic nitrogens is 2. The Morgan fingerprint density at radius 1 is 1.27 bits per heavy atom. The highest BCUT2D eigenvalue weighted by Gasteiger charge is 2.36. The molecular weight excluding hydrogens is 330 g/mol. The largest absolute Gasteiger partial charge is 0.348 e. The lowest BCUT2D eigenvalue weighted by atomic mass is 10.1. The molecule has 0 aliphatic carbocycles. The van der Waals surface area contributed by atoms with Gasteiger partial charge in [0.05, 0.1) is 23.4 Å². The van der Waals surface area contributed by atoms with Crippen molar-refractivity contribution in [3.63, 3.8) is 0 Å². The summed E-state index contributed by atoms with van der Waals surface area (Å²) in [4.78, 5) is 33.4. The fourth-order valence-corrected chi connectivity index (χ4v) is 3.68. The van der Waals surface area contributed by atoms with Crippen LogP contribution < -0.4 is 5.32 Å². The Morgan fingerprint density at radius 3 is 2.69 bits per heavy atom. The first-order chi connectivity index (χ1) is 12.4. The summed E-state index contributed by atoms with van der Waals surface area (Å²) in [6.07, 6.45) is 2.38. The van der Waals surface area contributed by atoms with E-state index in [1.165, 1.54) is 0 Å². The van der Waals surface area contributed by atoms with E-state index in [0.717, 1.165) is 11.0 Å². The lowest BCUT2D eigenvalue weighted by Crippen LogP contribution is -2.44. The molecule has 1 fully saturated rings. The molecule has 0 saturated carbocycles. The van der Waals surface area contributed by atoms with Crippen LogP contribution in [-0.4, -0.2) is 69.9 Å².